The highest BCUT2D eigenvalue weighted by molar-refractivity contribution is 5.68. The highest BCUT2D eigenvalue weighted by atomic mass is 16.5. The number of benzene rings is 3. The molecule has 6 rings (SSSR count). The molecule has 2 aliphatic rings. The van der Waals surface area contributed by atoms with E-state index < -0.39 is 0 Å². The molecule has 0 unspecified atom stereocenters. The predicted molar refractivity (Wildman–Crippen MR) is 157 cm³/mol. The molecule has 0 amide bonds. The van der Waals surface area contributed by atoms with Gasteiger partial charge in [0.25, 0.3) is 0 Å². The van der Waals surface area contributed by atoms with Crippen LogP contribution in [0.15, 0.2) is 73.1 Å². The largest absolute Gasteiger partial charge is 0.488 e. The molecule has 4 aromatic rings. The Bertz CT molecular complexity index is 1530. The highest BCUT2D eigenvalue weighted by Gasteiger charge is 2.26. The molecule has 3 aromatic carbocycles. The van der Waals surface area contributed by atoms with E-state index in [0.717, 1.165) is 56.0 Å². The second-order valence-corrected chi connectivity index (χ2v) is 10.9. The summed E-state index contributed by atoms with van der Waals surface area (Å²) in [6.45, 7) is 6.24. The normalized spacial score (nSPS) is 14.6. The monoisotopic (exact) mass is 529 g/mol. The molecular formula is C35H35N3O2. The van der Waals surface area contributed by atoms with E-state index in [2.05, 4.69) is 77.5 Å². The molecule has 1 saturated heterocycles. The van der Waals surface area contributed by atoms with Gasteiger partial charge < -0.3 is 9.47 Å². The number of likely N-dealkylation sites (tertiary alicyclic amines) is 1. The van der Waals surface area contributed by atoms with Crippen LogP contribution < -0.4 is 9.47 Å². The topological polar surface area (TPSA) is 58.4 Å². The molecule has 5 heteroatoms. The standard InChI is InChI=1S/C35H35N3O2/c1-25-29(11-7-12-30(25)28-9-3-2-4-10-28)24-40-34-18-35(39-23-27-17-26(19-36)20-37-21-27)33(22-38-15-5-6-16-38)31-13-8-14-32(31)34/h2-4,7,9-12,17-18,20-21H,5-6,8,13-16,22-24H2,1H3. The van der Waals surface area contributed by atoms with Gasteiger partial charge in [-0.05, 0) is 91.6 Å². The van der Waals surface area contributed by atoms with E-state index in [1.807, 2.05) is 6.07 Å². The molecule has 0 spiro atoms. The fourth-order valence-corrected chi connectivity index (χ4v) is 6.10. The fraction of sp³-hybridized carbons (Fsp3) is 0.314. The quantitative estimate of drug-likeness (QED) is 0.230. The number of nitriles is 1. The van der Waals surface area contributed by atoms with Crippen LogP contribution in [0.1, 0.15) is 58.2 Å². The van der Waals surface area contributed by atoms with E-state index in [0.29, 0.717) is 18.8 Å². The summed E-state index contributed by atoms with van der Waals surface area (Å²) in [5.74, 6) is 1.82. The van der Waals surface area contributed by atoms with Crippen molar-refractivity contribution >= 4 is 0 Å². The first-order chi connectivity index (χ1) is 19.7. The first-order valence-corrected chi connectivity index (χ1v) is 14.3. The van der Waals surface area contributed by atoms with E-state index in [9.17, 15) is 5.26 Å². The molecule has 1 aliphatic carbocycles. The summed E-state index contributed by atoms with van der Waals surface area (Å²) in [5, 5.41) is 9.29. The van der Waals surface area contributed by atoms with E-state index in [4.69, 9.17) is 9.47 Å². The summed E-state index contributed by atoms with van der Waals surface area (Å²) in [6, 6.07) is 23.1. The third kappa shape index (κ3) is 5.59. The van der Waals surface area contributed by atoms with Gasteiger partial charge in [0.15, 0.2) is 0 Å². The first kappa shape index (κ1) is 26.1. The Morgan fingerprint density at radius 3 is 2.48 bits per heavy atom. The smallest absolute Gasteiger partial charge is 0.128 e. The summed E-state index contributed by atoms with van der Waals surface area (Å²) in [6.07, 6.45) is 9.10. The van der Waals surface area contributed by atoms with Crippen molar-refractivity contribution in [2.45, 2.75) is 58.8 Å². The zero-order chi connectivity index (χ0) is 27.3. The number of nitrogens with zero attached hydrogens (tertiary/aromatic N) is 3. The summed E-state index contributed by atoms with van der Waals surface area (Å²) < 4.78 is 13.1. The molecule has 0 N–H and O–H groups in total. The van der Waals surface area contributed by atoms with Gasteiger partial charge >= 0.3 is 0 Å². The molecule has 0 atom stereocenters. The SMILES string of the molecule is Cc1c(COc2cc(OCc3cncc(C#N)c3)c(CN3CCCC3)c3c2CCC3)cccc1-c1ccccc1. The highest BCUT2D eigenvalue weighted by Crippen LogP contribution is 2.41. The first-order valence-electron chi connectivity index (χ1n) is 14.3. The lowest BCUT2D eigenvalue weighted by Gasteiger charge is -2.23. The van der Waals surface area contributed by atoms with Crippen molar-refractivity contribution in [1.29, 1.82) is 5.26 Å². The molecular weight excluding hydrogens is 494 g/mol. The lowest BCUT2D eigenvalue weighted by Crippen LogP contribution is -2.20. The number of hydrogen-bond acceptors (Lipinski definition) is 5. The molecule has 40 heavy (non-hydrogen) atoms. The van der Waals surface area contributed by atoms with Crippen LogP contribution in [0.2, 0.25) is 0 Å². The van der Waals surface area contributed by atoms with Crippen LogP contribution >= 0.6 is 0 Å². The zero-order valence-corrected chi connectivity index (χ0v) is 23.2. The molecule has 0 radical (unpaired) electrons. The summed E-state index contributed by atoms with van der Waals surface area (Å²) in [5.41, 5.74) is 10.4. The van der Waals surface area contributed by atoms with Crippen molar-refractivity contribution in [2.24, 2.45) is 0 Å². The average molecular weight is 530 g/mol. The van der Waals surface area contributed by atoms with Crippen LogP contribution in [-0.4, -0.2) is 23.0 Å². The number of ether oxygens (including phenoxy) is 2. The van der Waals surface area contributed by atoms with Gasteiger partial charge in [0.05, 0.1) is 5.56 Å². The minimum atomic E-state index is 0.367. The number of hydrogen-bond donors (Lipinski definition) is 0. The van der Waals surface area contributed by atoms with Gasteiger partial charge in [0.2, 0.25) is 0 Å². The Hall–Kier alpha value is -4.14. The maximum absolute atomic E-state index is 9.29. The Kier molecular flexibility index (Phi) is 7.79. The Morgan fingerprint density at radius 1 is 0.850 bits per heavy atom. The Morgan fingerprint density at radius 2 is 1.65 bits per heavy atom. The number of fused-ring (bicyclic) bond motifs is 1. The van der Waals surface area contributed by atoms with E-state index >= 15 is 0 Å². The number of rotatable bonds is 9. The molecule has 5 nitrogen and oxygen atoms in total. The molecule has 0 bridgehead atoms. The zero-order valence-electron chi connectivity index (χ0n) is 23.2. The van der Waals surface area contributed by atoms with Crippen molar-refractivity contribution < 1.29 is 9.47 Å². The van der Waals surface area contributed by atoms with Crippen molar-refractivity contribution in [3.63, 3.8) is 0 Å². The van der Waals surface area contributed by atoms with Gasteiger partial charge in [-0.2, -0.15) is 5.26 Å². The molecule has 202 valence electrons. The van der Waals surface area contributed by atoms with Gasteiger partial charge in [-0.15, -0.1) is 0 Å². The Labute approximate surface area is 237 Å². The average Bonchev–Trinajstić information content (AvgIpc) is 3.70. The van der Waals surface area contributed by atoms with Crippen LogP contribution in [0.25, 0.3) is 11.1 Å². The summed E-state index contributed by atoms with van der Waals surface area (Å²) in [7, 11) is 0. The Balaban J connectivity index is 1.30. The van der Waals surface area contributed by atoms with Crippen molar-refractivity contribution in [3.05, 3.63) is 112 Å². The maximum Gasteiger partial charge on any atom is 0.128 e. The molecule has 1 aromatic heterocycles. The lowest BCUT2D eigenvalue weighted by atomic mass is 9.97. The van der Waals surface area contributed by atoms with Crippen LogP contribution in [0.4, 0.5) is 0 Å². The van der Waals surface area contributed by atoms with Crippen molar-refractivity contribution in [1.82, 2.24) is 9.88 Å². The number of aromatic nitrogens is 1. The van der Waals surface area contributed by atoms with Crippen molar-refractivity contribution in [2.75, 3.05) is 13.1 Å². The predicted octanol–water partition coefficient (Wildman–Crippen LogP) is 7.17. The molecule has 2 heterocycles. The van der Waals surface area contributed by atoms with Crippen LogP contribution in [-0.2, 0) is 32.6 Å². The van der Waals surface area contributed by atoms with Gasteiger partial charge in [-0.3, -0.25) is 9.88 Å². The fourth-order valence-electron chi connectivity index (χ4n) is 6.10. The van der Waals surface area contributed by atoms with Gasteiger partial charge in [-0.1, -0.05) is 48.5 Å². The van der Waals surface area contributed by atoms with E-state index in [1.165, 1.54) is 51.8 Å². The van der Waals surface area contributed by atoms with Crippen LogP contribution in [0.3, 0.4) is 0 Å². The molecule has 0 saturated carbocycles. The number of pyridine rings is 1. The molecule has 1 fully saturated rings. The van der Waals surface area contributed by atoms with Crippen molar-refractivity contribution in [3.8, 4) is 28.7 Å². The minimum absolute atomic E-state index is 0.367. The second kappa shape index (κ2) is 11.9. The maximum atomic E-state index is 9.29. The molecule has 1 aliphatic heterocycles. The van der Waals surface area contributed by atoms with Crippen LogP contribution in [0.5, 0.6) is 11.5 Å². The third-order valence-corrected chi connectivity index (χ3v) is 8.25. The lowest BCUT2D eigenvalue weighted by molar-refractivity contribution is 0.275. The summed E-state index contributed by atoms with van der Waals surface area (Å²) >= 11 is 0. The minimum Gasteiger partial charge on any atom is -0.488 e. The van der Waals surface area contributed by atoms with Gasteiger partial charge in [0, 0.05) is 36.1 Å². The second-order valence-electron chi connectivity index (χ2n) is 10.9. The third-order valence-electron chi connectivity index (χ3n) is 8.25. The van der Waals surface area contributed by atoms with E-state index in [1.54, 1.807) is 12.4 Å². The van der Waals surface area contributed by atoms with E-state index in [-0.39, 0.29) is 0 Å². The summed E-state index contributed by atoms with van der Waals surface area (Å²) in [4.78, 5) is 6.75. The van der Waals surface area contributed by atoms with Gasteiger partial charge in [0.1, 0.15) is 30.8 Å². The van der Waals surface area contributed by atoms with Crippen LogP contribution in [0, 0.1) is 18.3 Å². The van der Waals surface area contributed by atoms with Gasteiger partial charge in [-0.25, -0.2) is 0 Å².